The zero-order valence-corrected chi connectivity index (χ0v) is 20.6. The van der Waals surface area contributed by atoms with E-state index in [0.29, 0.717) is 0 Å². The molecule has 0 radical (unpaired) electrons. The third-order valence-corrected chi connectivity index (χ3v) is 7.43. The van der Waals surface area contributed by atoms with Crippen molar-refractivity contribution in [3.63, 3.8) is 0 Å². The minimum Gasteiger partial charge on any atom is -0.311 e. The summed E-state index contributed by atoms with van der Waals surface area (Å²) >= 11 is 1.84. The van der Waals surface area contributed by atoms with Gasteiger partial charge in [-0.1, -0.05) is 103 Å². The van der Waals surface area contributed by atoms with Crippen LogP contribution in [0.5, 0.6) is 0 Å². The van der Waals surface area contributed by atoms with Crippen molar-refractivity contribution >= 4 is 50.6 Å². The SMILES string of the molecule is C(=Cc1ccc(N(c2ccccc2)c2ccccc2)cc1)c1ccc(-c2cc3ccccc3s2)cc1. The summed E-state index contributed by atoms with van der Waals surface area (Å²) < 4.78 is 1.33. The maximum atomic E-state index is 2.28. The molecule has 5 aromatic carbocycles. The molecule has 1 nitrogen and oxygen atoms in total. The Kier molecular flexibility index (Phi) is 6.18. The van der Waals surface area contributed by atoms with Crippen LogP contribution in [0.4, 0.5) is 17.1 Å². The van der Waals surface area contributed by atoms with Crippen LogP contribution < -0.4 is 4.90 Å². The van der Waals surface area contributed by atoms with Crippen LogP contribution in [0.1, 0.15) is 11.1 Å². The Morgan fingerprint density at radius 2 is 0.972 bits per heavy atom. The highest BCUT2D eigenvalue weighted by Crippen LogP contribution is 2.35. The maximum Gasteiger partial charge on any atom is 0.0462 e. The minimum absolute atomic E-state index is 1.14. The zero-order chi connectivity index (χ0) is 24.2. The van der Waals surface area contributed by atoms with Crippen LogP contribution in [0, 0.1) is 0 Å². The Labute approximate surface area is 216 Å². The van der Waals surface area contributed by atoms with E-state index in [-0.39, 0.29) is 0 Å². The Morgan fingerprint density at radius 3 is 1.56 bits per heavy atom. The van der Waals surface area contributed by atoms with Crippen LogP contribution in [0.15, 0.2) is 140 Å². The molecule has 0 N–H and O–H groups in total. The molecule has 0 saturated heterocycles. The number of nitrogens with zero attached hydrogens (tertiary/aromatic N) is 1. The van der Waals surface area contributed by atoms with Gasteiger partial charge in [0.15, 0.2) is 0 Å². The molecular formula is C34H25NS. The molecule has 6 rings (SSSR count). The van der Waals surface area contributed by atoms with Gasteiger partial charge in [-0.15, -0.1) is 11.3 Å². The van der Waals surface area contributed by atoms with E-state index in [0.717, 1.165) is 17.1 Å². The Balaban J connectivity index is 1.21. The van der Waals surface area contributed by atoms with Crippen LogP contribution in [0.25, 0.3) is 32.7 Å². The molecule has 0 aliphatic rings. The first kappa shape index (κ1) is 22.1. The summed E-state index contributed by atoms with van der Waals surface area (Å²) in [6.07, 6.45) is 4.35. The fraction of sp³-hybridized carbons (Fsp3) is 0. The molecule has 0 bridgehead atoms. The molecule has 0 saturated carbocycles. The largest absolute Gasteiger partial charge is 0.311 e. The molecule has 36 heavy (non-hydrogen) atoms. The van der Waals surface area contributed by atoms with Crippen molar-refractivity contribution in [3.8, 4) is 10.4 Å². The third kappa shape index (κ3) is 4.72. The number of benzene rings is 5. The van der Waals surface area contributed by atoms with E-state index in [4.69, 9.17) is 0 Å². The molecule has 0 aliphatic carbocycles. The van der Waals surface area contributed by atoms with Crippen molar-refractivity contribution < 1.29 is 0 Å². The normalized spacial score (nSPS) is 11.2. The van der Waals surface area contributed by atoms with E-state index in [1.807, 2.05) is 11.3 Å². The van der Waals surface area contributed by atoms with Crippen molar-refractivity contribution in [2.75, 3.05) is 4.90 Å². The Hall–Kier alpha value is -4.40. The third-order valence-electron chi connectivity index (χ3n) is 6.27. The van der Waals surface area contributed by atoms with Crippen LogP contribution in [0.3, 0.4) is 0 Å². The lowest BCUT2D eigenvalue weighted by Gasteiger charge is -2.25. The van der Waals surface area contributed by atoms with Crippen LogP contribution in [0.2, 0.25) is 0 Å². The molecule has 0 atom stereocenters. The first-order chi connectivity index (χ1) is 17.8. The van der Waals surface area contributed by atoms with E-state index >= 15 is 0 Å². The van der Waals surface area contributed by atoms with E-state index < -0.39 is 0 Å². The number of hydrogen-bond donors (Lipinski definition) is 0. The van der Waals surface area contributed by atoms with Gasteiger partial charge in [0.05, 0.1) is 0 Å². The van der Waals surface area contributed by atoms with Crippen molar-refractivity contribution in [2.24, 2.45) is 0 Å². The number of para-hydroxylation sites is 2. The molecule has 0 spiro atoms. The van der Waals surface area contributed by atoms with Crippen molar-refractivity contribution in [3.05, 3.63) is 151 Å². The second-order valence-electron chi connectivity index (χ2n) is 8.70. The number of rotatable bonds is 6. The molecule has 1 aromatic heterocycles. The second-order valence-corrected chi connectivity index (χ2v) is 9.79. The number of fused-ring (bicyclic) bond motifs is 1. The van der Waals surface area contributed by atoms with Gasteiger partial charge in [0.1, 0.15) is 0 Å². The lowest BCUT2D eigenvalue weighted by Crippen LogP contribution is -2.09. The van der Waals surface area contributed by atoms with Gasteiger partial charge in [-0.3, -0.25) is 0 Å². The lowest BCUT2D eigenvalue weighted by molar-refractivity contribution is 1.28. The van der Waals surface area contributed by atoms with Crippen LogP contribution >= 0.6 is 11.3 Å². The quantitative estimate of drug-likeness (QED) is 0.215. The van der Waals surface area contributed by atoms with Gasteiger partial charge in [0.2, 0.25) is 0 Å². The van der Waals surface area contributed by atoms with Gasteiger partial charge >= 0.3 is 0 Å². The second kappa shape index (κ2) is 10.1. The molecule has 6 aromatic rings. The van der Waals surface area contributed by atoms with E-state index in [2.05, 4.69) is 157 Å². The van der Waals surface area contributed by atoms with Gasteiger partial charge in [-0.2, -0.15) is 0 Å². The average molecular weight is 480 g/mol. The fourth-order valence-electron chi connectivity index (χ4n) is 4.41. The highest BCUT2D eigenvalue weighted by atomic mass is 32.1. The van der Waals surface area contributed by atoms with Crippen molar-refractivity contribution in [1.82, 2.24) is 0 Å². The van der Waals surface area contributed by atoms with E-state index in [1.54, 1.807) is 0 Å². The number of thiophene rings is 1. The fourth-order valence-corrected chi connectivity index (χ4v) is 5.48. The zero-order valence-electron chi connectivity index (χ0n) is 19.8. The summed E-state index contributed by atoms with van der Waals surface area (Å²) in [4.78, 5) is 3.59. The molecule has 0 unspecified atom stereocenters. The summed E-state index contributed by atoms with van der Waals surface area (Å²) in [7, 11) is 0. The summed E-state index contributed by atoms with van der Waals surface area (Å²) in [5.74, 6) is 0. The topological polar surface area (TPSA) is 3.24 Å². The average Bonchev–Trinajstić information content (AvgIpc) is 3.39. The van der Waals surface area contributed by atoms with Crippen molar-refractivity contribution in [1.29, 1.82) is 0 Å². The lowest BCUT2D eigenvalue weighted by atomic mass is 10.1. The molecular weight excluding hydrogens is 454 g/mol. The summed E-state index contributed by atoms with van der Waals surface area (Å²) in [6.45, 7) is 0. The molecule has 2 heteroatoms. The van der Waals surface area contributed by atoms with Gasteiger partial charge in [0.25, 0.3) is 0 Å². The Morgan fingerprint density at radius 1 is 0.472 bits per heavy atom. The number of anilines is 3. The molecule has 0 fully saturated rings. The van der Waals surface area contributed by atoms with Crippen LogP contribution in [-0.4, -0.2) is 0 Å². The molecule has 0 aliphatic heterocycles. The summed E-state index contributed by atoms with van der Waals surface area (Å²) in [5, 5.41) is 1.31. The molecule has 172 valence electrons. The Bertz CT molecular complexity index is 1520. The van der Waals surface area contributed by atoms with Crippen LogP contribution in [-0.2, 0) is 0 Å². The summed E-state index contributed by atoms with van der Waals surface area (Å²) in [5.41, 5.74) is 7.06. The molecule has 1 heterocycles. The van der Waals surface area contributed by atoms with Gasteiger partial charge in [-0.05, 0) is 70.6 Å². The highest BCUT2D eigenvalue weighted by molar-refractivity contribution is 7.22. The monoisotopic (exact) mass is 479 g/mol. The predicted octanol–water partition coefficient (Wildman–Crippen LogP) is 10.2. The maximum absolute atomic E-state index is 2.28. The van der Waals surface area contributed by atoms with Gasteiger partial charge in [0, 0.05) is 26.6 Å². The van der Waals surface area contributed by atoms with E-state index in [9.17, 15) is 0 Å². The first-order valence-electron chi connectivity index (χ1n) is 12.1. The van der Waals surface area contributed by atoms with E-state index in [1.165, 1.54) is 31.7 Å². The first-order valence-corrected chi connectivity index (χ1v) is 12.9. The highest BCUT2D eigenvalue weighted by Gasteiger charge is 2.11. The van der Waals surface area contributed by atoms with Gasteiger partial charge in [-0.25, -0.2) is 0 Å². The molecule has 0 amide bonds. The standard InChI is InChI=1S/C34H25NS/c1-3-10-30(11-4-1)35(31-12-5-2-6-13-31)32-23-19-27(20-24-32)16-15-26-17-21-28(22-18-26)34-25-29-9-7-8-14-33(29)36-34/h1-25H. The van der Waals surface area contributed by atoms with Crippen molar-refractivity contribution in [2.45, 2.75) is 0 Å². The number of hydrogen-bond acceptors (Lipinski definition) is 2. The minimum atomic E-state index is 1.14. The predicted molar refractivity (Wildman–Crippen MR) is 157 cm³/mol. The smallest absolute Gasteiger partial charge is 0.0462 e. The summed E-state index contributed by atoms with van der Waals surface area (Å²) in [6, 6.07) is 49.4. The van der Waals surface area contributed by atoms with Gasteiger partial charge < -0.3 is 4.90 Å².